The first-order valence-electron chi connectivity index (χ1n) is 4.87. The van der Waals surface area contributed by atoms with E-state index in [9.17, 15) is 4.79 Å². The van der Waals surface area contributed by atoms with E-state index in [0.29, 0.717) is 21.8 Å². The zero-order chi connectivity index (χ0) is 11.9. The molecule has 3 nitrogen and oxygen atoms in total. The number of hydrogen-bond donors (Lipinski definition) is 0. The fourth-order valence-corrected chi connectivity index (χ4v) is 1.99. The molecule has 0 radical (unpaired) electrons. The molecule has 0 atom stereocenters. The lowest BCUT2D eigenvalue weighted by molar-refractivity contribution is 0.101. The Balaban J connectivity index is 2.49. The minimum Gasteiger partial charge on any atom is -0.466 e. The summed E-state index contributed by atoms with van der Waals surface area (Å²) >= 11 is 3.17. The van der Waals surface area contributed by atoms with Crippen molar-refractivity contribution in [1.29, 1.82) is 0 Å². The van der Waals surface area contributed by atoms with Crippen molar-refractivity contribution in [2.75, 3.05) is 0 Å². The van der Waals surface area contributed by atoms with Gasteiger partial charge in [0, 0.05) is 5.56 Å². The molecule has 0 unspecified atom stereocenters. The van der Waals surface area contributed by atoms with Crippen molar-refractivity contribution in [2.24, 2.45) is 0 Å². The molecule has 16 heavy (non-hydrogen) atoms. The monoisotopic (exact) mass is 282 g/mol. The average molecular weight is 283 g/mol. The van der Waals surface area contributed by atoms with Crippen LogP contribution in [0.3, 0.4) is 0 Å². The summed E-state index contributed by atoms with van der Waals surface area (Å²) in [7, 11) is 0. The van der Waals surface area contributed by atoms with Gasteiger partial charge in [0.25, 0.3) is 0 Å². The third kappa shape index (κ3) is 1.73. The van der Waals surface area contributed by atoms with Gasteiger partial charge in [-0.2, -0.15) is 0 Å². The molecule has 0 aromatic carbocycles. The zero-order valence-corrected chi connectivity index (χ0v) is 10.8. The molecule has 0 amide bonds. The Hall–Kier alpha value is -1.29. The molecule has 0 N–H and O–H groups in total. The summed E-state index contributed by atoms with van der Waals surface area (Å²) in [6.07, 6.45) is 0. The number of aryl methyl sites for hydroxylation is 2. The predicted molar refractivity (Wildman–Crippen MR) is 62.8 cm³/mol. The second-order valence-electron chi connectivity index (χ2n) is 3.65. The molecule has 2 aromatic rings. The molecule has 0 spiro atoms. The van der Waals surface area contributed by atoms with Crippen molar-refractivity contribution < 1.29 is 13.6 Å². The molecule has 0 fully saturated rings. The van der Waals surface area contributed by atoms with E-state index in [1.807, 2.05) is 13.8 Å². The largest absolute Gasteiger partial charge is 0.466 e. The minimum atomic E-state index is -0.141. The maximum atomic E-state index is 12.1. The number of halogens is 1. The molecule has 0 saturated carbocycles. The van der Waals surface area contributed by atoms with Crippen LogP contribution in [0, 0.1) is 20.8 Å². The number of furan rings is 2. The van der Waals surface area contributed by atoms with Crippen LogP contribution in [0.2, 0.25) is 0 Å². The van der Waals surface area contributed by atoms with Crippen LogP contribution in [-0.2, 0) is 0 Å². The molecule has 2 rings (SSSR count). The van der Waals surface area contributed by atoms with Crippen molar-refractivity contribution in [2.45, 2.75) is 20.8 Å². The van der Waals surface area contributed by atoms with E-state index >= 15 is 0 Å². The lowest BCUT2D eigenvalue weighted by atomic mass is 10.0. The Bertz CT molecular complexity index is 549. The average Bonchev–Trinajstić information content (AvgIpc) is 2.73. The van der Waals surface area contributed by atoms with Crippen LogP contribution < -0.4 is 0 Å². The van der Waals surface area contributed by atoms with Gasteiger partial charge in [-0.15, -0.1) is 0 Å². The summed E-state index contributed by atoms with van der Waals surface area (Å²) < 4.78 is 11.2. The van der Waals surface area contributed by atoms with Gasteiger partial charge in [-0.1, -0.05) is 0 Å². The first kappa shape index (κ1) is 11.2. The van der Waals surface area contributed by atoms with Crippen molar-refractivity contribution in [3.05, 3.63) is 45.2 Å². The highest BCUT2D eigenvalue weighted by Crippen LogP contribution is 2.25. The van der Waals surface area contributed by atoms with Gasteiger partial charge in [-0.3, -0.25) is 4.79 Å². The lowest BCUT2D eigenvalue weighted by Gasteiger charge is -1.96. The maximum absolute atomic E-state index is 12.1. The van der Waals surface area contributed by atoms with Crippen LogP contribution in [-0.4, -0.2) is 5.78 Å². The van der Waals surface area contributed by atoms with Crippen LogP contribution in [0.5, 0.6) is 0 Å². The Morgan fingerprint density at radius 2 is 1.81 bits per heavy atom. The topological polar surface area (TPSA) is 43.4 Å². The normalized spacial score (nSPS) is 10.8. The molecular weight excluding hydrogens is 272 g/mol. The summed E-state index contributed by atoms with van der Waals surface area (Å²) in [5, 5.41) is 0. The molecule has 2 aromatic heterocycles. The Morgan fingerprint density at radius 3 is 2.25 bits per heavy atom. The summed E-state index contributed by atoms with van der Waals surface area (Å²) in [5.41, 5.74) is 1.47. The molecule has 0 aliphatic carbocycles. The van der Waals surface area contributed by atoms with Gasteiger partial charge in [0.2, 0.25) is 5.78 Å². The second kappa shape index (κ2) is 3.94. The van der Waals surface area contributed by atoms with Gasteiger partial charge < -0.3 is 8.83 Å². The van der Waals surface area contributed by atoms with Gasteiger partial charge in [-0.25, -0.2) is 0 Å². The summed E-state index contributed by atoms with van der Waals surface area (Å²) in [4.78, 5) is 12.1. The fourth-order valence-electron chi connectivity index (χ4n) is 1.69. The fraction of sp³-hybridized carbons (Fsp3) is 0.250. The van der Waals surface area contributed by atoms with Crippen LogP contribution in [0.4, 0.5) is 0 Å². The van der Waals surface area contributed by atoms with Crippen molar-refractivity contribution in [1.82, 2.24) is 0 Å². The Labute approximate surface area is 102 Å². The van der Waals surface area contributed by atoms with E-state index in [1.54, 1.807) is 19.1 Å². The highest BCUT2D eigenvalue weighted by Gasteiger charge is 2.22. The molecule has 0 saturated heterocycles. The smallest absolute Gasteiger partial charge is 0.232 e. The Kier molecular flexibility index (Phi) is 2.76. The van der Waals surface area contributed by atoms with E-state index in [2.05, 4.69) is 15.9 Å². The highest BCUT2D eigenvalue weighted by atomic mass is 79.9. The van der Waals surface area contributed by atoms with E-state index in [-0.39, 0.29) is 5.78 Å². The molecule has 84 valence electrons. The van der Waals surface area contributed by atoms with E-state index in [4.69, 9.17) is 8.83 Å². The van der Waals surface area contributed by atoms with E-state index < -0.39 is 0 Å². The lowest BCUT2D eigenvalue weighted by Crippen LogP contribution is -2.02. The van der Waals surface area contributed by atoms with Crippen LogP contribution in [0.1, 0.15) is 33.2 Å². The molecule has 4 heteroatoms. The number of carbonyl (C=O) groups excluding carboxylic acids is 1. The number of carbonyl (C=O) groups is 1. The van der Waals surface area contributed by atoms with Crippen LogP contribution in [0.15, 0.2) is 25.6 Å². The van der Waals surface area contributed by atoms with E-state index in [1.165, 1.54) is 0 Å². The first-order valence-corrected chi connectivity index (χ1v) is 5.66. The second-order valence-corrected chi connectivity index (χ2v) is 4.43. The van der Waals surface area contributed by atoms with Crippen LogP contribution in [0.25, 0.3) is 0 Å². The summed E-state index contributed by atoms with van der Waals surface area (Å²) in [6, 6.07) is 3.35. The molecule has 2 heterocycles. The standard InChI is InChI=1S/C12H11BrO3/c1-6-7(2)15-8(3)11(6)12(14)9-4-5-10(13)16-9/h4-5H,1-3H3. The highest BCUT2D eigenvalue weighted by molar-refractivity contribution is 9.10. The van der Waals surface area contributed by atoms with Crippen LogP contribution >= 0.6 is 15.9 Å². The molecule has 0 aliphatic rings. The third-order valence-electron chi connectivity index (χ3n) is 2.59. The minimum absolute atomic E-state index is 0.141. The predicted octanol–water partition coefficient (Wildman–Crippen LogP) is 3.79. The van der Waals surface area contributed by atoms with Gasteiger partial charge in [0.1, 0.15) is 11.5 Å². The molecule has 0 aliphatic heterocycles. The summed E-state index contributed by atoms with van der Waals surface area (Å²) in [6.45, 7) is 5.50. The first-order chi connectivity index (χ1) is 7.50. The Morgan fingerprint density at radius 1 is 1.12 bits per heavy atom. The number of ketones is 1. The van der Waals surface area contributed by atoms with Gasteiger partial charge in [0.15, 0.2) is 10.4 Å². The van der Waals surface area contributed by atoms with Gasteiger partial charge >= 0.3 is 0 Å². The molecular formula is C12H11BrO3. The van der Waals surface area contributed by atoms with Crippen molar-refractivity contribution in [3.63, 3.8) is 0 Å². The molecule has 0 bridgehead atoms. The number of rotatable bonds is 2. The van der Waals surface area contributed by atoms with Crippen molar-refractivity contribution in [3.8, 4) is 0 Å². The maximum Gasteiger partial charge on any atom is 0.232 e. The van der Waals surface area contributed by atoms with Gasteiger partial charge in [-0.05, 0) is 48.8 Å². The SMILES string of the molecule is Cc1oc(C)c(C(=O)c2ccc(Br)o2)c1C. The quantitative estimate of drug-likeness (QED) is 0.787. The number of hydrogen-bond acceptors (Lipinski definition) is 3. The van der Waals surface area contributed by atoms with E-state index in [0.717, 1.165) is 11.3 Å². The third-order valence-corrected chi connectivity index (χ3v) is 3.01. The summed E-state index contributed by atoms with van der Waals surface area (Å²) in [5.74, 6) is 1.58. The zero-order valence-electron chi connectivity index (χ0n) is 9.26. The van der Waals surface area contributed by atoms with Gasteiger partial charge in [0.05, 0.1) is 5.56 Å². The van der Waals surface area contributed by atoms with Crippen molar-refractivity contribution >= 4 is 21.7 Å².